The first-order chi connectivity index (χ1) is 12.3. The quantitative estimate of drug-likeness (QED) is 0.417. The summed E-state index contributed by atoms with van der Waals surface area (Å²) in [5.74, 6) is -1.42. The second-order valence-electron chi connectivity index (χ2n) is 6.89. The molecule has 4 atom stereocenters. The van der Waals surface area contributed by atoms with E-state index >= 15 is 0 Å². The van der Waals surface area contributed by atoms with Gasteiger partial charge in [0.25, 0.3) is 0 Å². The molecule has 2 saturated heterocycles. The summed E-state index contributed by atoms with van der Waals surface area (Å²) in [5.41, 5.74) is 0.780. The van der Waals surface area contributed by atoms with Crippen LogP contribution in [-0.4, -0.2) is 61.3 Å². The second kappa shape index (κ2) is 8.49. The lowest BCUT2D eigenvalue weighted by atomic mass is 10.00. The lowest BCUT2D eigenvalue weighted by Gasteiger charge is -2.36. The Morgan fingerprint density at radius 2 is 1.69 bits per heavy atom. The highest BCUT2D eigenvalue weighted by atomic mass is 16.6. The Hall–Kier alpha value is -2.15. The predicted molar refractivity (Wildman–Crippen MR) is 94.2 cm³/mol. The van der Waals surface area contributed by atoms with Crippen LogP contribution in [0.2, 0.25) is 0 Å². The Morgan fingerprint density at radius 3 is 2.31 bits per heavy atom. The van der Waals surface area contributed by atoms with Crippen LogP contribution >= 0.6 is 0 Å². The molecule has 0 N–H and O–H groups in total. The summed E-state index contributed by atoms with van der Waals surface area (Å²) >= 11 is 0. The monoisotopic (exact) mass is 365 g/mol. The first-order valence-corrected chi connectivity index (χ1v) is 8.79. The molecule has 144 valence electrons. The molecule has 7 heteroatoms. The fraction of sp³-hybridized carbons (Fsp3) is 0.632. The molecule has 0 saturated carbocycles. The molecule has 0 amide bonds. The topological polar surface area (TPSA) is 82.1 Å². The van der Waals surface area contributed by atoms with Crippen LogP contribution in [0.25, 0.3) is 0 Å². The van der Waals surface area contributed by atoms with Crippen molar-refractivity contribution in [2.45, 2.75) is 64.3 Å². The van der Waals surface area contributed by atoms with Gasteiger partial charge in [0.2, 0.25) is 0 Å². The third kappa shape index (κ3) is 4.52. The molecule has 0 aromatic carbocycles. The molecule has 0 spiro atoms. The number of esters is 3. The van der Waals surface area contributed by atoms with Crippen molar-refractivity contribution < 1.29 is 28.6 Å². The minimum absolute atomic E-state index is 0.0193. The van der Waals surface area contributed by atoms with Gasteiger partial charge in [-0.2, -0.15) is 0 Å². The zero-order valence-electron chi connectivity index (χ0n) is 16.0. The zero-order valence-corrected chi connectivity index (χ0v) is 16.0. The lowest BCUT2D eigenvalue weighted by Crippen LogP contribution is -2.46. The van der Waals surface area contributed by atoms with Crippen molar-refractivity contribution in [2.24, 2.45) is 0 Å². The smallest absolute Gasteiger partial charge is 0.333 e. The second-order valence-corrected chi connectivity index (χ2v) is 6.89. The van der Waals surface area contributed by atoms with Crippen LogP contribution < -0.4 is 0 Å². The van der Waals surface area contributed by atoms with Crippen molar-refractivity contribution >= 4 is 17.9 Å². The average molecular weight is 365 g/mol. The van der Waals surface area contributed by atoms with Gasteiger partial charge in [0.1, 0.15) is 12.2 Å². The number of methoxy groups -OCH3 is 1. The number of hydrogen-bond donors (Lipinski definition) is 0. The van der Waals surface area contributed by atoms with Crippen LogP contribution in [-0.2, 0) is 28.6 Å². The van der Waals surface area contributed by atoms with E-state index in [0.29, 0.717) is 18.4 Å². The molecule has 7 nitrogen and oxygen atoms in total. The highest BCUT2D eigenvalue weighted by molar-refractivity contribution is 5.95. The molecular formula is C19H27NO6. The van der Waals surface area contributed by atoms with E-state index in [-0.39, 0.29) is 35.8 Å². The maximum atomic E-state index is 12.1. The summed E-state index contributed by atoms with van der Waals surface area (Å²) in [4.78, 5) is 37.6. The fourth-order valence-corrected chi connectivity index (χ4v) is 3.54. The Balaban J connectivity index is 1.97. The molecule has 2 heterocycles. The van der Waals surface area contributed by atoms with Gasteiger partial charge in [-0.05, 0) is 27.8 Å². The summed E-state index contributed by atoms with van der Waals surface area (Å²) in [6.07, 6.45) is 4.42. The third-order valence-electron chi connectivity index (χ3n) is 5.21. The van der Waals surface area contributed by atoms with Gasteiger partial charge < -0.3 is 14.2 Å². The summed E-state index contributed by atoms with van der Waals surface area (Å²) in [7, 11) is 3.27. The SMILES string of the molecule is C/C=C(\C)C(=O)OC1C[C@@H]2C[C@@H](OC(=O)/C=C(\C)C(=O)OC)C[C@@H]1N2C. The molecule has 0 radical (unpaired) electrons. The molecule has 2 aliphatic rings. The van der Waals surface area contributed by atoms with Gasteiger partial charge in [-0.15, -0.1) is 0 Å². The van der Waals surface area contributed by atoms with Crippen molar-refractivity contribution in [3.63, 3.8) is 0 Å². The van der Waals surface area contributed by atoms with E-state index < -0.39 is 11.9 Å². The largest absolute Gasteiger partial charge is 0.466 e. The van der Waals surface area contributed by atoms with Crippen LogP contribution in [0.4, 0.5) is 0 Å². The molecule has 1 unspecified atom stereocenters. The lowest BCUT2D eigenvalue weighted by molar-refractivity contribution is -0.150. The number of likely N-dealkylation sites (N-methyl/N-ethyl adjacent to an activating group) is 1. The van der Waals surface area contributed by atoms with E-state index in [2.05, 4.69) is 9.64 Å². The van der Waals surface area contributed by atoms with Gasteiger partial charge in [0.05, 0.1) is 13.2 Å². The van der Waals surface area contributed by atoms with Gasteiger partial charge in [0.15, 0.2) is 0 Å². The van der Waals surface area contributed by atoms with Gasteiger partial charge in [-0.25, -0.2) is 14.4 Å². The maximum Gasteiger partial charge on any atom is 0.333 e. The summed E-state index contributed by atoms with van der Waals surface area (Å²) in [5, 5.41) is 0. The van der Waals surface area contributed by atoms with E-state index in [1.165, 1.54) is 14.0 Å². The van der Waals surface area contributed by atoms with Crippen LogP contribution in [0.1, 0.15) is 40.0 Å². The van der Waals surface area contributed by atoms with E-state index in [9.17, 15) is 14.4 Å². The summed E-state index contributed by atoms with van der Waals surface area (Å²) in [6, 6.07) is 0.215. The first-order valence-electron chi connectivity index (χ1n) is 8.79. The highest BCUT2D eigenvalue weighted by Gasteiger charge is 2.47. The van der Waals surface area contributed by atoms with Crippen molar-refractivity contribution in [1.29, 1.82) is 0 Å². The Morgan fingerprint density at radius 1 is 1.00 bits per heavy atom. The standard InChI is InChI=1S/C19H27NO6/c1-6-11(2)19(23)26-16-9-13-8-14(10-15(16)20(13)4)25-17(21)7-12(3)18(22)24-5/h6-7,13-16H,8-10H2,1-5H3/b11-6+,12-7+/t13-,14+,15-,16?/m0/s1. The summed E-state index contributed by atoms with van der Waals surface area (Å²) in [6.45, 7) is 5.03. The highest BCUT2D eigenvalue weighted by Crippen LogP contribution is 2.37. The summed E-state index contributed by atoms with van der Waals surface area (Å²) < 4.78 is 15.7. The first kappa shape index (κ1) is 20.2. The third-order valence-corrected chi connectivity index (χ3v) is 5.21. The molecule has 0 aromatic heterocycles. The van der Waals surface area contributed by atoms with Crippen molar-refractivity contribution in [3.05, 3.63) is 23.3 Å². The minimum Gasteiger partial charge on any atom is -0.466 e. The van der Waals surface area contributed by atoms with Gasteiger partial charge in [-0.3, -0.25) is 4.90 Å². The van der Waals surface area contributed by atoms with E-state index in [1.807, 2.05) is 7.05 Å². The Bertz CT molecular complexity index is 638. The molecule has 2 bridgehead atoms. The maximum absolute atomic E-state index is 12.1. The number of carbonyl (C=O) groups is 3. The molecule has 2 fully saturated rings. The van der Waals surface area contributed by atoms with Gasteiger partial charge >= 0.3 is 17.9 Å². The number of rotatable bonds is 5. The molecule has 2 aliphatic heterocycles. The number of carbonyl (C=O) groups excluding carboxylic acids is 3. The molecule has 0 aliphatic carbocycles. The van der Waals surface area contributed by atoms with Crippen molar-refractivity contribution in [3.8, 4) is 0 Å². The van der Waals surface area contributed by atoms with Crippen molar-refractivity contribution in [2.75, 3.05) is 14.2 Å². The van der Waals surface area contributed by atoms with Crippen LogP contribution in [0.15, 0.2) is 23.3 Å². The minimum atomic E-state index is -0.559. The number of piperidine rings is 1. The van der Waals surface area contributed by atoms with Crippen LogP contribution in [0.3, 0.4) is 0 Å². The van der Waals surface area contributed by atoms with Gasteiger partial charge in [0, 0.05) is 42.5 Å². The fourth-order valence-electron chi connectivity index (χ4n) is 3.54. The van der Waals surface area contributed by atoms with E-state index in [4.69, 9.17) is 9.47 Å². The Kier molecular flexibility index (Phi) is 6.58. The zero-order chi connectivity index (χ0) is 19.4. The predicted octanol–water partition coefficient (Wildman–Crippen LogP) is 1.76. The molecule has 0 aromatic rings. The number of nitrogens with zero attached hydrogens (tertiary/aromatic N) is 1. The number of allylic oxidation sites excluding steroid dienone is 1. The number of fused-ring (bicyclic) bond motifs is 2. The van der Waals surface area contributed by atoms with Crippen molar-refractivity contribution in [1.82, 2.24) is 4.90 Å². The normalized spacial score (nSPS) is 29.3. The van der Waals surface area contributed by atoms with E-state index in [1.54, 1.807) is 19.9 Å². The van der Waals surface area contributed by atoms with Crippen LogP contribution in [0.5, 0.6) is 0 Å². The number of ether oxygens (including phenoxy) is 3. The molecule has 26 heavy (non-hydrogen) atoms. The van der Waals surface area contributed by atoms with Gasteiger partial charge in [-0.1, -0.05) is 6.08 Å². The van der Waals surface area contributed by atoms with E-state index in [0.717, 1.165) is 12.5 Å². The van der Waals surface area contributed by atoms with Crippen LogP contribution in [0, 0.1) is 0 Å². The Labute approximate surface area is 154 Å². The molecular weight excluding hydrogens is 338 g/mol. The average Bonchev–Trinajstić information content (AvgIpc) is 2.78. The number of hydrogen-bond acceptors (Lipinski definition) is 7. The molecule has 2 rings (SSSR count).